The summed E-state index contributed by atoms with van der Waals surface area (Å²) in [5.74, 6) is 0. The van der Waals surface area contributed by atoms with E-state index in [1.165, 1.54) is 94.7 Å². The first kappa shape index (κ1) is 17.4. The van der Waals surface area contributed by atoms with Gasteiger partial charge in [0, 0.05) is 18.1 Å². The number of unbranched alkanes of at least 4 members (excludes halogenated alkanes) is 6. The van der Waals surface area contributed by atoms with Crippen molar-refractivity contribution in [2.24, 2.45) is 0 Å². The molecule has 0 aromatic heterocycles. The molecule has 0 saturated carbocycles. The zero-order chi connectivity index (χ0) is 14.0. The summed E-state index contributed by atoms with van der Waals surface area (Å²) < 4.78 is 1.36. The van der Waals surface area contributed by atoms with Crippen molar-refractivity contribution >= 4 is 12.6 Å². The first-order valence-electron chi connectivity index (χ1n) is 8.68. The number of thiol groups is 1. The molecule has 1 nitrogen and oxygen atoms in total. The average Bonchev–Trinajstić information content (AvgIpc) is 2.83. The molecule has 0 radical (unpaired) electrons. The maximum atomic E-state index is 4.55. The summed E-state index contributed by atoms with van der Waals surface area (Å²) in [5, 5.41) is 0.643. The Kier molecular flexibility index (Phi) is 9.23. The van der Waals surface area contributed by atoms with Crippen molar-refractivity contribution in [3.05, 3.63) is 0 Å². The van der Waals surface area contributed by atoms with Gasteiger partial charge in [-0.05, 0) is 25.7 Å². The van der Waals surface area contributed by atoms with Gasteiger partial charge in [0.05, 0.1) is 26.7 Å². The third kappa shape index (κ3) is 8.24. The van der Waals surface area contributed by atoms with Crippen molar-refractivity contribution in [1.29, 1.82) is 0 Å². The van der Waals surface area contributed by atoms with Gasteiger partial charge in [-0.1, -0.05) is 39.0 Å². The van der Waals surface area contributed by atoms with Crippen molar-refractivity contribution in [3.8, 4) is 0 Å². The monoisotopic (exact) mass is 286 g/mol. The largest absolute Gasteiger partial charge is 0.326 e. The van der Waals surface area contributed by atoms with E-state index in [0.29, 0.717) is 5.25 Å². The number of likely N-dealkylation sites (tertiary alicyclic amines) is 1. The van der Waals surface area contributed by atoms with Crippen LogP contribution in [0.4, 0.5) is 0 Å². The first-order valence-corrected chi connectivity index (χ1v) is 9.19. The Morgan fingerprint density at radius 3 is 2.00 bits per heavy atom. The normalized spacial score (nSPS) is 19.7. The minimum atomic E-state index is 0.643. The Morgan fingerprint density at radius 1 is 0.895 bits per heavy atom. The Balaban J connectivity index is 1.81. The van der Waals surface area contributed by atoms with E-state index in [1.54, 1.807) is 0 Å². The standard InChI is InChI=1S/C17H35NS/c1-3-17(19)13-9-7-5-4-6-8-10-14-18(2)15-11-12-16-18/h17H,3-16H2,1-2H3/p+1. The number of hydrogen-bond donors (Lipinski definition) is 1. The Labute approximate surface area is 127 Å². The van der Waals surface area contributed by atoms with Gasteiger partial charge in [0.1, 0.15) is 0 Å². The molecule has 1 rings (SSSR count). The van der Waals surface area contributed by atoms with E-state index < -0.39 is 0 Å². The summed E-state index contributed by atoms with van der Waals surface area (Å²) in [6.07, 6.45) is 15.5. The van der Waals surface area contributed by atoms with Gasteiger partial charge in [0.25, 0.3) is 0 Å². The van der Waals surface area contributed by atoms with Crippen LogP contribution in [0.15, 0.2) is 0 Å². The molecule has 1 heterocycles. The molecule has 1 unspecified atom stereocenters. The second-order valence-corrected chi connectivity index (χ2v) is 7.55. The molecule has 0 spiro atoms. The zero-order valence-corrected chi connectivity index (χ0v) is 14.3. The summed E-state index contributed by atoms with van der Waals surface area (Å²) in [7, 11) is 2.45. The van der Waals surface area contributed by atoms with Gasteiger partial charge < -0.3 is 4.48 Å². The molecule has 1 fully saturated rings. The summed E-state index contributed by atoms with van der Waals surface area (Å²) in [6, 6.07) is 0. The number of quaternary nitrogens is 1. The molecule has 0 aromatic carbocycles. The lowest BCUT2D eigenvalue weighted by molar-refractivity contribution is -0.897. The maximum absolute atomic E-state index is 4.55. The van der Waals surface area contributed by atoms with E-state index >= 15 is 0 Å². The lowest BCUT2D eigenvalue weighted by Gasteiger charge is -2.29. The molecule has 0 aliphatic carbocycles. The third-order valence-corrected chi connectivity index (χ3v) is 5.48. The van der Waals surface area contributed by atoms with Gasteiger partial charge in [-0.2, -0.15) is 12.6 Å². The van der Waals surface area contributed by atoms with Crippen molar-refractivity contribution in [1.82, 2.24) is 0 Å². The smallest absolute Gasteiger partial charge is 0.0786 e. The predicted octanol–water partition coefficient (Wildman–Crippen LogP) is 5.06. The second-order valence-electron chi connectivity index (χ2n) is 6.82. The van der Waals surface area contributed by atoms with E-state index in [0.717, 1.165) is 0 Å². The van der Waals surface area contributed by atoms with Gasteiger partial charge in [0.15, 0.2) is 0 Å². The molecule has 1 aliphatic heterocycles. The van der Waals surface area contributed by atoms with Crippen LogP contribution < -0.4 is 0 Å². The minimum absolute atomic E-state index is 0.643. The van der Waals surface area contributed by atoms with E-state index in [1.807, 2.05) is 0 Å². The second kappa shape index (κ2) is 10.1. The molecule has 0 bridgehead atoms. The SMILES string of the molecule is CCC(S)CCCCCCCCC[N+]1(C)CCCC1. The number of nitrogens with zero attached hydrogens (tertiary/aromatic N) is 1. The van der Waals surface area contributed by atoms with E-state index in [4.69, 9.17) is 0 Å². The highest BCUT2D eigenvalue weighted by Gasteiger charge is 2.25. The molecule has 1 aliphatic rings. The van der Waals surface area contributed by atoms with Gasteiger partial charge in [-0.25, -0.2) is 0 Å². The van der Waals surface area contributed by atoms with E-state index in [2.05, 4.69) is 26.6 Å². The fourth-order valence-electron chi connectivity index (χ4n) is 3.28. The highest BCUT2D eigenvalue weighted by molar-refractivity contribution is 7.80. The van der Waals surface area contributed by atoms with E-state index in [9.17, 15) is 0 Å². The van der Waals surface area contributed by atoms with Crippen molar-refractivity contribution in [2.75, 3.05) is 26.7 Å². The molecule has 1 saturated heterocycles. The number of rotatable bonds is 11. The summed E-state index contributed by atoms with van der Waals surface area (Å²) in [4.78, 5) is 0. The quantitative estimate of drug-likeness (QED) is 0.306. The minimum Gasteiger partial charge on any atom is -0.326 e. The van der Waals surface area contributed by atoms with Crippen molar-refractivity contribution in [3.63, 3.8) is 0 Å². The highest BCUT2D eigenvalue weighted by Crippen LogP contribution is 2.18. The summed E-state index contributed by atoms with van der Waals surface area (Å²) in [6.45, 7) is 6.53. The van der Waals surface area contributed by atoms with Crippen LogP contribution in [0.25, 0.3) is 0 Å². The van der Waals surface area contributed by atoms with Crippen molar-refractivity contribution in [2.45, 2.75) is 82.8 Å². The number of hydrogen-bond acceptors (Lipinski definition) is 1. The summed E-state index contributed by atoms with van der Waals surface area (Å²) >= 11 is 4.55. The average molecular weight is 287 g/mol. The topological polar surface area (TPSA) is 0 Å². The van der Waals surface area contributed by atoms with Crippen LogP contribution in [0.3, 0.4) is 0 Å². The van der Waals surface area contributed by atoms with Gasteiger partial charge in [0.2, 0.25) is 0 Å². The molecule has 114 valence electrons. The highest BCUT2D eigenvalue weighted by atomic mass is 32.1. The van der Waals surface area contributed by atoms with Crippen LogP contribution in [-0.2, 0) is 0 Å². The molecular weight excluding hydrogens is 250 g/mol. The maximum Gasteiger partial charge on any atom is 0.0786 e. The molecule has 0 aromatic rings. The van der Waals surface area contributed by atoms with E-state index in [-0.39, 0.29) is 0 Å². The Bertz CT molecular complexity index is 211. The van der Waals surface area contributed by atoms with Gasteiger partial charge in [-0.15, -0.1) is 0 Å². The molecule has 1 atom stereocenters. The first-order chi connectivity index (χ1) is 9.16. The Hall–Kier alpha value is 0.310. The summed E-state index contributed by atoms with van der Waals surface area (Å²) in [5.41, 5.74) is 0. The third-order valence-electron chi connectivity index (χ3n) is 4.85. The van der Waals surface area contributed by atoms with Crippen LogP contribution >= 0.6 is 12.6 Å². The molecule has 2 heteroatoms. The zero-order valence-electron chi connectivity index (χ0n) is 13.4. The molecule has 0 amide bonds. The van der Waals surface area contributed by atoms with Crippen molar-refractivity contribution < 1.29 is 4.48 Å². The molecule has 0 N–H and O–H groups in total. The van der Waals surface area contributed by atoms with Crippen LogP contribution in [0, 0.1) is 0 Å². The fraction of sp³-hybridized carbons (Fsp3) is 1.00. The van der Waals surface area contributed by atoms with Crippen LogP contribution in [0.5, 0.6) is 0 Å². The van der Waals surface area contributed by atoms with Crippen LogP contribution in [0.2, 0.25) is 0 Å². The van der Waals surface area contributed by atoms with Gasteiger partial charge >= 0.3 is 0 Å². The lowest BCUT2D eigenvalue weighted by atomic mass is 10.1. The van der Waals surface area contributed by atoms with Crippen LogP contribution in [-0.4, -0.2) is 36.4 Å². The predicted molar refractivity (Wildman–Crippen MR) is 90.0 cm³/mol. The Morgan fingerprint density at radius 2 is 1.42 bits per heavy atom. The molecular formula is C17H36NS+. The van der Waals surface area contributed by atoms with Gasteiger partial charge in [-0.3, -0.25) is 0 Å². The lowest BCUT2D eigenvalue weighted by Crippen LogP contribution is -2.41. The fourth-order valence-corrected chi connectivity index (χ4v) is 3.47. The molecule has 19 heavy (non-hydrogen) atoms. The van der Waals surface area contributed by atoms with Crippen LogP contribution in [0.1, 0.15) is 77.6 Å².